The molecule has 0 N–H and O–H groups in total. The van der Waals surface area contributed by atoms with Gasteiger partial charge in [0.05, 0.1) is 0 Å². The summed E-state index contributed by atoms with van der Waals surface area (Å²) in [6, 6.07) is 4.93. The van der Waals surface area contributed by atoms with Crippen LogP contribution in [0.25, 0.3) is 0 Å². The molecule has 0 radical (unpaired) electrons. The van der Waals surface area contributed by atoms with Gasteiger partial charge in [0.1, 0.15) is 11.7 Å². The van der Waals surface area contributed by atoms with Gasteiger partial charge in [-0.1, -0.05) is 6.07 Å². The normalized spacial score (nSPS) is 18.1. The first-order valence-corrected chi connectivity index (χ1v) is 7.19. The molecule has 20 heavy (non-hydrogen) atoms. The summed E-state index contributed by atoms with van der Waals surface area (Å²) in [5.74, 6) is -0.0922. The third-order valence-corrected chi connectivity index (χ3v) is 3.76. The Morgan fingerprint density at radius 3 is 2.70 bits per heavy atom. The number of pyridine rings is 1. The number of aromatic nitrogens is 1. The second-order valence-electron chi connectivity index (χ2n) is 4.88. The molecular formula is C15H21N3O2. The van der Waals surface area contributed by atoms with Gasteiger partial charge in [-0.05, 0) is 38.8 Å². The van der Waals surface area contributed by atoms with Crippen molar-refractivity contribution < 1.29 is 9.59 Å². The summed E-state index contributed by atoms with van der Waals surface area (Å²) in [6.07, 6.45) is 3.22. The molecule has 0 spiro atoms. The number of amides is 2. The third kappa shape index (κ3) is 2.81. The zero-order valence-corrected chi connectivity index (χ0v) is 12.1. The average Bonchev–Trinajstić information content (AvgIpc) is 2.98. The number of hydrogen-bond donors (Lipinski definition) is 0. The molecule has 0 bridgehead atoms. The van der Waals surface area contributed by atoms with Crippen molar-refractivity contribution in [3.8, 4) is 0 Å². The number of likely N-dealkylation sites (N-methyl/N-ethyl adjacent to an activating group) is 1. The molecule has 108 valence electrons. The summed E-state index contributed by atoms with van der Waals surface area (Å²) in [6.45, 7) is 5.91. The van der Waals surface area contributed by atoms with Gasteiger partial charge in [-0.2, -0.15) is 0 Å². The van der Waals surface area contributed by atoms with E-state index in [9.17, 15) is 9.59 Å². The molecule has 0 unspecified atom stereocenters. The van der Waals surface area contributed by atoms with Gasteiger partial charge in [-0.25, -0.2) is 0 Å². The summed E-state index contributed by atoms with van der Waals surface area (Å²) in [4.78, 5) is 32.5. The van der Waals surface area contributed by atoms with Crippen LogP contribution in [-0.4, -0.2) is 52.3 Å². The molecule has 1 aliphatic rings. The van der Waals surface area contributed by atoms with Gasteiger partial charge in [0, 0.05) is 25.8 Å². The van der Waals surface area contributed by atoms with E-state index in [4.69, 9.17) is 0 Å². The Balaban J connectivity index is 2.15. The highest BCUT2D eigenvalue weighted by molar-refractivity contribution is 5.96. The van der Waals surface area contributed by atoms with E-state index in [1.807, 2.05) is 13.8 Å². The zero-order valence-electron chi connectivity index (χ0n) is 12.1. The highest BCUT2D eigenvalue weighted by atomic mass is 16.2. The largest absolute Gasteiger partial charge is 0.341 e. The number of hydrogen-bond acceptors (Lipinski definition) is 3. The maximum absolute atomic E-state index is 12.5. The summed E-state index contributed by atoms with van der Waals surface area (Å²) in [5, 5.41) is 0. The molecule has 0 aliphatic carbocycles. The second-order valence-corrected chi connectivity index (χ2v) is 4.88. The first-order valence-electron chi connectivity index (χ1n) is 7.19. The van der Waals surface area contributed by atoms with Gasteiger partial charge in [-0.15, -0.1) is 0 Å². The van der Waals surface area contributed by atoms with Crippen molar-refractivity contribution in [2.75, 3.05) is 19.6 Å². The van der Waals surface area contributed by atoms with Crippen LogP contribution in [0, 0.1) is 0 Å². The van der Waals surface area contributed by atoms with E-state index in [-0.39, 0.29) is 17.9 Å². The van der Waals surface area contributed by atoms with E-state index in [1.165, 1.54) is 0 Å². The maximum atomic E-state index is 12.5. The molecule has 0 saturated carbocycles. The van der Waals surface area contributed by atoms with Crippen molar-refractivity contribution >= 4 is 11.8 Å². The second kappa shape index (κ2) is 6.50. The molecule has 1 aliphatic heterocycles. The van der Waals surface area contributed by atoms with Crippen LogP contribution in [0.2, 0.25) is 0 Å². The van der Waals surface area contributed by atoms with Crippen LogP contribution in [-0.2, 0) is 4.79 Å². The fraction of sp³-hybridized carbons (Fsp3) is 0.533. The van der Waals surface area contributed by atoms with Crippen molar-refractivity contribution in [2.45, 2.75) is 32.7 Å². The molecular weight excluding hydrogens is 254 g/mol. The SMILES string of the molecule is CCN(CC)C(=O)[C@@H]1CCCN1C(=O)c1ccccn1. The van der Waals surface area contributed by atoms with Crippen molar-refractivity contribution in [1.82, 2.24) is 14.8 Å². The van der Waals surface area contributed by atoms with E-state index < -0.39 is 0 Å². The lowest BCUT2D eigenvalue weighted by Crippen LogP contribution is -2.47. The van der Waals surface area contributed by atoms with Crippen LogP contribution in [0.5, 0.6) is 0 Å². The van der Waals surface area contributed by atoms with Crippen molar-refractivity contribution in [3.63, 3.8) is 0 Å². The Labute approximate surface area is 119 Å². The van der Waals surface area contributed by atoms with E-state index in [0.717, 1.165) is 12.8 Å². The van der Waals surface area contributed by atoms with Gasteiger partial charge in [0.15, 0.2) is 0 Å². The molecule has 1 fully saturated rings. The lowest BCUT2D eigenvalue weighted by Gasteiger charge is -2.28. The maximum Gasteiger partial charge on any atom is 0.273 e. The fourth-order valence-corrected chi connectivity index (χ4v) is 2.65. The van der Waals surface area contributed by atoms with Gasteiger partial charge in [-0.3, -0.25) is 14.6 Å². The minimum absolute atomic E-state index is 0.0526. The Bertz CT molecular complexity index is 471. The molecule has 1 aromatic heterocycles. The third-order valence-electron chi connectivity index (χ3n) is 3.76. The smallest absolute Gasteiger partial charge is 0.273 e. The van der Waals surface area contributed by atoms with Crippen LogP contribution >= 0.6 is 0 Å². The molecule has 1 saturated heterocycles. The molecule has 2 amide bonds. The van der Waals surface area contributed by atoms with Crippen molar-refractivity contribution in [1.29, 1.82) is 0 Å². The number of rotatable bonds is 4. The minimum Gasteiger partial charge on any atom is -0.341 e. The summed E-state index contributed by atoms with van der Waals surface area (Å²) in [5.41, 5.74) is 0.409. The lowest BCUT2D eigenvalue weighted by atomic mass is 10.2. The van der Waals surface area contributed by atoms with E-state index in [0.29, 0.717) is 25.3 Å². The molecule has 1 atom stereocenters. The molecule has 5 nitrogen and oxygen atoms in total. The van der Waals surface area contributed by atoms with Crippen LogP contribution in [0.3, 0.4) is 0 Å². The monoisotopic (exact) mass is 275 g/mol. The fourth-order valence-electron chi connectivity index (χ4n) is 2.65. The molecule has 0 aromatic carbocycles. The Hall–Kier alpha value is -1.91. The van der Waals surface area contributed by atoms with E-state index >= 15 is 0 Å². The predicted molar refractivity (Wildman–Crippen MR) is 76.2 cm³/mol. The standard InChI is InChI=1S/C15H21N3O2/c1-3-17(4-2)15(20)13-9-7-11-18(13)14(19)12-8-5-6-10-16-12/h5-6,8,10,13H,3-4,7,9,11H2,1-2H3/t13-/m0/s1. The van der Waals surface area contributed by atoms with Crippen LogP contribution in [0.4, 0.5) is 0 Å². The quantitative estimate of drug-likeness (QED) is 0.838. The predicted octanol–water partition coefficient (Wildman–Crippen LogP) is 1.55. The van der Waals surface area contributed by atoms with Gasteiger partial charge >= 0.3 is 0 Å². The van der Waals surface area contributed by atoms with Crippen LogP contribution in [0.1, 0.15) is 37.2 Å². The number of carbonyl (C=O) groups is 2. The van der Waals surface area contributed by atoms with Gasteiger partial charge in [0.25, 0.3) is 5.91 Å². The lowest BCUT2D eigenvalue weighted by molar-refractivity contribution is -0.134. The van der Waals surface area contributed by atoms with Gasteiger partial charge in [0.2, 0.25) is 5.91 Å². The first-order chi connectivity index (χ1) is 9.69. The van der Waals surface area contributed by atoms with E-state index in [2.05, 4.69) is 4.98 Å². The molecule has 2 rings (SSSR count). The topological polar surface area (TPSA) is 53.5 Å². The van der Waals surface area contributed by atoms with Crippen molar-refractivity contribution in [3.05, 3.63) is 30.1 Å². The van der Waals surface area contributed by atoms with Gasteiger partial charge < -0.3 is 9.80 Å². The highest BCUT2D eigenvalue weighted by Gasteiger charge is 2.36. The van der Waals surface area contributed by atoms with E-state index in [1.54, 1.807) is 34.2 Å². The minimum atomic E-state index is -0.329. The molecule has 1 aromatic rings. The highest BCUT2D eigenvalue weighted by Crippen LogP contribution is 2.21. The summed E-state index contributed by atoms with van der Waals surface area (Å²) < 4.78 is 0. The zero-order chi connectivity index (χ0) is 14.5. The number of carbonyl (C=O) groups excluding carboxylic acids is 2. The van der Waals surface area contributed by atoms with Crippen molar-refractivity contribution in [2.24, 2.45) is 0 Å². The Morgan fingerprint density at radius 1 is 1.35 bits per heavy atom. The molecule has 5 heteroatoms. The number of nitrogens with zero attached hydrogens (tertiary/aromatic N) is 3. The average molecular weight is 275 g/mol. The Kier molecular flexibility index (Phi) is 4.71. The summed E-state index contributed by atoms with van der Waals surface area (Å²) >= 11 is 0. The Morgan fingerprint density at radius 2 is 2.10 bits per heavy atom. The molecule has 2 heterocycles. The van der Waals surface area contributed by atoms with Crippen LogP contribution < -0.4 is 0 Å². The number of likely N-dealkylation sites (tertiary alicyclic amines) is 1. The summed E-state index contributed by atoms with van der Waals surface area (Å²) in [7, 11) is 0. The van der Waals surface area contributed by atoms with Crippen LogP contribution in [0.15, 0.2) is 24.4 Å². The first kappa shape index (κ1) is 14.5.